The van der Waals surface area contributed by atoms with Crippen LogP contribution in [0.2, 0.25) is 18.1 Å². The molecular formula is C17H31N5O3S2Si. The minimum atomic E-state index is -1.96. The maximum atomic E-state index is 12.3. The molecule has 158 valence electrons. The summed E-state index contributed by atoms with van der Waals surface area (Å²) in [5.74, 6) is 0.468. The first-order chi connectivity index (χ1) is 12.9. The molecule has 0 saturated carbocycles. The molecule has 8 nitrogen and oxygen atoms in total. The molecule has 28 heavy (non-hydrogen) atoms. The minimum Gasteiger partial charge on any atom is -0.413 e. The highest BCUT2D eigenvalue weighted by atomic mass is 32.2. The molecular weight excluding hydrogens is 414 g/mol. The van der Waals surface area contributed by atoms with Crippen molar-refractivity contribution in [1.29, 1.82) is 0 Å². The number of hydrogen-bond acceptors (Lipinski definition) is 8. The van der Waals surface area contributed by atoms with E-state index < -0.39 is 8.32 Å². The van der Waals surface area contributed by atoms with Crippen molar-refractivity contribution in [2.24, 2.45) is 13.0 Å². The van der Waals surface area contributed by atoms with Crippen LogP contribution in [0.3, 0.4) is 0 Å². The number of aryl methyl sites for hydroxylation is 1. The highest BCUT2D eigenvalue weighted by Gasteiger charge is 2.48. The molecule has 1 aliphatic rings. The summed E-state index contributed by atoms with van der Waals surface area (Å²) in [7, 11) is -0.177. The van der Waals surface area contributed by atoms with Gasteiger partial charge in [0.2, 0.25) is 11.1 Å². The highest BCUT2D eigenvalue weighted by Crippen LogP contribution is 2.40. The first-order valence-corrected chi connectivity index (χ1v) is 14.2. The molecule has 1 aliphatic heterocycles. The van der Waals surface area contributed by atoms with E-state index in [0.29, 0.717) is 6.42 Å². The topological polar surface area (TPSA) is 99.0 Å². The van der Waals surface area contributed by atoms with Gasteiger partial charge in [0, 0.05) is 19.2 Å². The van der Waals surface area contributed by atoms with E-state index in [4.69, 9.17) is 4.43 Å². The molecule has 0 radical (unpaired) electrons. The molecule has 3 atom stereocenters. The zero-order chi connectivity index (χ0) is 21.1. The fourth-order valence-corrected chi connectivity index (χ4v) is 6.00. The van der Waals surface area contributed by atoms with Gasteiger partial charge in [-0.15, -0.1) is 5.10 Å². The number of tetrazole rings is 1. The molecule has 11 heteroatoms. The third-order valence-corrected chi connectivity index (χ3v) is 12.1. The third-order valence-electron chi connectivity index (χ3n) is 5.30. The number of nitrogens with one attached hydrogen (secondary N) is 1. The second kappa shape index (κ2) is 9.27. The Hall–Kier alpha value is -0.913. The highest BCUT2D eigenvalue weighted by molar-refractivity contribution is 8.14. The molecule has 1 saturated heterocycles. The van der Waals surface area contributed by atoms with Gasteiger partial charge < -0.3 is 9.74 Å². The number of β-lactam (4-membered cyclic amide) rings is 1. The van der Waals surface area contributed by atoms with Crippen molar-refractivity contribution in [3.05, 3.63) is 0 Å². The van der Waals surface area contributed by atoms with E-state index in [1.165, 1.54) is 23.5 Å². The first-order valence-electron chi connectivity index (χ1n) is 9.45. The van der Waals surface area contributed by atoms with Crippen LogP contribution in [0.4, 0.5) is 0 Å². The Labute approximate surface area is 176 Å². The minimum absolute atomic E-state index is 0.0261. The van der Waals surface area contributed by atoms with Gasteiger partial charge in [-0.2, -0.15) is 0 Å². The number of thioether (sulfide) groups is 2. The lowest BCUT2D eigenvalue weighted by atomic mass is 9.96. The summed E-state index contributed by atoms with van der Waals surface area (Å²) in [4.78, 5) is 24.4. The van der Waals surface area contributed by atoms with Crippen molar-refractivity contribution in [3.63, 3.8) is 0 Å². The average molecular weight is 446 g/mol. The van der Waals surface area contributed by atoms with Crippen LogP contribution >= 0.6 is 23.5 Å². The Bertz CT molecular complexity index is 707. The summed E-state index contributed by atoms with van der Waals surface area (Å²) in [5.41, 5.74) is 0. The zero-order valence-electron chi connectivity index (χ0n) is 17.7. The van der Waals surface area contributed by atoms with E-state index in [1.54, 1.807) is 11.7 Å². The van der Waals surface area contributed by atoms with Crippen LogP contribution in [0.1, 0.15) is 40.5 Å². The van der Waals surface area contributed by atoms with Gasteiger partial charge in [0.15, 0.2) is 13.4 Å². The van der Waals surface area contributed by atoms with E-state index >= 15 is 0 Å². The predicted molar refractivity (Wildman–Crippen MR) is 115 cm³/mol. The molecule has 0 aromatic carbocycles. The lowest BCUT2D eigenvalue weighted by Gasteiger charge is -2.44. The van der Waals surface area contributed by atoms with Crippen molar-refractivity contribution in [3.8, 4) is 0 Å². The Balaban J connectivity index is 1.77. The number of rotatable bonds is 9. The fourth-order valence-electron chi connectivity index (χ4n) is 2.57. The largest absolute Gasteiger partial charge is 0.413 e. The first kappa shape index (κ1) is 23.4. The summed E-state index contributed by atoms with van der Waals surface area (Å²) in [6.07, 6.45) is 1.00. The predicted octanol–water partition coefficient (Wildman–Crippen LogP) is 2.82. The average Bonchev–Trinajstić information content (AvgIpc) is 2.94. The van der Waals surface area contributed by atoms with E-state index in [2.05, 4.69) is 54.7 Å². The molecule has 2 heterocycles. The zero-order valence-corrected chi connectivity index (χ0v) is 20.3. The molecule has 1 N–H and O–H groups in total. The molecule has 1 amide bonds. The maximum absolute atomic E-state index is 12.3. The summed E-state index contributed by atoms with van der Waals surface area (Å²) >= 11 is 2.75. The summed E-state index contributed by atoms with van der Waals surface area (Å²) < 4.78 is 7.98. The standard InChI is InChI=1S/C17H31N5O3S2Si/c1-11(25-28(6,7)17(2,3)4)13-14(24)18-15(13)27-12(23)9-8-10-26-16-19-20-21-22(16)5/h11,13,15H,8-10H2,1-7H3,(H,18,24)/t11-,13+,15-/m1/s1. The molecule has 1 aromatic heterocycles. The lowest BCUT2D eigenvalue weighted by molar-refractivity contribution is -0.136. The van der Waals surface area contributed by atoms with Gasteiger partial charge in [-0.25, -0.2) is 4.68 Å². The second-order valence-electron chi connectivity index (χ2n) is 8.57. The fraction of sp³-hybridized carbons (Fsp3) is 0.824. The molecule has 0 spiro atoms. The Morgan fingerprint density at radius 1 is 1.39 bits per heavy atom. The number of amides is 1. The molecule has 1 fully saturated rings. The number of hydrogen-bond donors (Lipinski definition) is 1. The lowest BCUT2D eigenvalue weighted by Crippen LogP contribution is -2.62. The van der Waals surface area contributed by atoms with Crippen LogP contribution in [0, 0.1) is 5.92 Å². The SMILES string of the molecule is C[C@@H](O[Si](C)(C)C(C)(C)C)[C@H]1C(=O)N[C@@H]1SC(=O)CCCSc1nnnn1C. The second-order valence-corrected chi connectivity index (χ2v) is 15.6. The molecule has 0 bridgehead atoms. The van der Waals surface area contributed by atoms with Gasteiger partial charge in [-0.3, -0.25) is 9.59 Å². The number of carbonyl (C=O) groups is 2. The maximum Gasteiger partial charge on any atom is 0.229 e. The normalized spacial score (nSPS) is 21.2. The van der Waals surface area contributed by atoms with Gasteiger partial charge in [0.25, 0.3) is 0 Å². The van der Waals surface area contributed by atoms with Crippen molar-refractivity contribution in [2.45, 2.75) is 75.3 Å². The van der Waals surface area contributed by atoms with E-state index in [0.717, 1.165) is 17.3 Å². The smallest absolute Gasteiger partial charge is 0.229 e. The number of aromatic nitrogens is 4. The Kier molecular flexibility index (Phi) is 7.74. The van der Waals surface area contributed by atoms with Crippen molar-refractivity contribution >= 4 is 42.9 Å². The monoisotopic (exact) mass is 445 g/mol. The molecule has 0 aliphatic carbocycles. The molecule has 0 unspecified atom stereocenters. The van der Waals surface area contributed by atoms with Crippen LogP contribution in [-0.2, 0) is 21.1 Å². The van der Waals surface area contributed by atoms with E-state index in [-0.39, 0.29) is 33.5 Å². The van der Waals surface area contributed by atoms with Gasteiger partial charge in [0.05, 0.1) is 17.4 Å². The van der Waals surface area contributed by atoms with E-state index in [1.807, 2.05) is 6.92 Å². The molecule has 1 aromatic rings. The number of carbonyl (C=O) groups excluding carboxylic acids is 2. The van der Waals surface area contributed by atoms with Crippen molar-refractivity contribution in [2.75, 3.05) is 5.75 Å². The van der Waals surface area contributed by atoms with Crippen molar-refractivity contribution in [1.82, 2.24) is 25.5 Å². The van der Waals surface area contributed by atoms with Crippen LogP contribution in [0.25, 0.3) is 0 Å². The summed E-state index contributed by atoms with van der Waals surface area (Å²) in [6, 6.07) is 0. The molecule has 2 rings (SSSR count). The van der Waals surface area contributed by atoms with Gasteiger partial charge in [-0.05, 0) is 41.9 Å². The number of nitrogens with zero attached hydrogens (tertiary/aromatic N) is 4. The Morgan fingerprint density at radius 2 is 2.07 bits per heavy atom. The van der Waals surface area contributed by atoms with Gasteiger partial charge in [-0.1, -0.05) is 44.3 Å². The Morgan fingerprint density at radius 3 is 2.61 bits per heavy atom. The van der Waals surface area contributed by atoms with E-state index in [9.17, 15) is 9.59 Å². The van der Waals surface area contributed by atoms with Crippen LogP contribution < -0.4 is 5.32 Å². The summed E-state index contributed by atoms with van der Waals surface area (Å²) in [6.45, 7) is 12.8. The van der Waals surface area contributed by atoms with Crippen LogP contribution in [0.15, 0.2) is 5.16 Å². The van der Waals surface area contributed by atoms with Crippen LogP contribution in [0.5, 0.6) is 0 Å². The van der Waals surface area contributed by atoms with Gasteiger partial charge >= 0.3 is 0 Å². The summed E-state index contributed by atoms with van der Waals surface area (Å²) in [5, 5.41) is 14.8. The van der Waals surface area contributed by atoms with Gasteiger partial charge in [0.1, 0.15) is 0 Å². The van der Waals surface area contributed by atoms with Crippen molar-refractivity contribution < 1.29 is 14.0 Å². The van der Waals surface area contributed by atoms with Crippen LogP contribution in [-0.4, -0.2) is 56.8 Å². The quantitative estimate of drug-likeness (QED) is 0.268. The third kappa shape index (κ3) is 5.80.